The molecule has 0 unspecified atom stereocenters. The van der Waals surface area contributed by atoms with Crippen molar-refractivity contribution in [1.29, 1.82) is 5.26 Å². The van der Waals surface area contributed by atoms with Crippen molar-refractivity contribution >= 4 is 17.5 Å². The van der Waals surface area contributed by atoms with Gasteiger partial charge in [0.25, 0.3) is 11.8 Å². The minimum atomic E-state index is -0.365. The van der Waals surface area contributed by atoms with E-state index in [9.17, 15) is 14.0 Å². The van der Waals surface area contributed by atoms with Crippen molar-refractivity contribution in [1.82, 2.24) is 5.32 Å². The Morgan fingerprint density at radius 2 is 1.59 bits per heavy atom. The van der Waals surface area contributed by atoms with Gasteiger partial charge in [0.1, 0.15) is 5.82 Å². The molecule has 3 aromatic carbocycles. The highest BCUT2D eigenvalue weighted by atomic mass is 19.1. The van der Waals surface area contributed by atoms with Crippen LogP contribution >= 0.6 is 0 Å². The van der Waals surface area contributed by atoms with Gasteiger partial charge in [-0.15, -0.1) is 0 Å². The van der Waals surface area contributed by atoms with Gasteiger partial charge < -0.3 is 10.6 Å². The van der Waals surface area contributed by atoms with E-state index in [4.69, 9.17) is 5.26 Å². The SMILES string of the molecule is N#Cc1ccc(NC(=O)c2cccc(C(=O)NCCc3ccccc3F)c2)cc1. The van der Waals surface area contributed by atoms with Gasteiger partial charge >= 0.3 is 0 Å². The number of carbonyl (C=O) groups is 2. The number of nitrogens with one attached hydrogen (secondary N) is 2. The molecule has 0 aromatic heterocycles. The first-order chi connectivity index (χ1) is 14.1. The molecule has 0 heterocycles. The molecular formula is C23H18FN3O2. The van der Waals surface area contributed by atoms with Gasteiger partial charge in [0.2, 0.25) is 0 Å². The minimum absolute atomic E-state index is 0.279. The maximum Gasteiger partial charge on any atom is 0.255 e. The van der Waals surface area contributed by atoms with Gasteiger partial charge in [-0.3, -0.25) is 9.59 Å². The molecule has 0 aliphatic carbocycles. The average molecular weight is 387 g/mol. The highest BCUT2D eigenvalue weighted by Gasteiger charge is 2.11. The van der Waals surface area contributed by atoms with Gasteiger partial charge in [0.05, 0.1) is 11.6 Å². The summed E-state index contributed by atoms with van der Waals surface area (Å²) in [5.41, 5.74) is 2.25. The largest absolute Gasteiger partial charge is 0.352 e. The van der Waals surface area contributed by atoms with Gasteiger partial charge in [-0.05, 0) is 60.5 Å². The summed E-state index contributed by atoms with van der Waals surface area (Å²) in [5.74, 6) is -1.01. The van der Waals surface area contributed by atoms with Crippen molar-refractivity contribution in [3.05, 3.63) is 101 Å². The molecule has 0 aliphatic heterocycles. The van der Waals surface area contributed by atoms with Crippen LogP contribution < -0.4 is 10.6 Å². The van der Waals surface area contributed by atoms with E-state index in [0.717, 1.165) is 0 Å². The molecule has 0 saturated heterocycles. The predicted octanol–water partition coefficient (Wildman–Crippen LogP) is 3.92. The summed E-state index contributed by atoms with van der Waals surface area (Å²) in [5, 5.41) is 14.3. The monoisotopic (exact) mass is 387 g/mol. The third-order valence-electron chi connectivity index (χ3n) is 4.30. The molecule has 3 aromatic rings. The lowest BCUT2D eigenvalue weighted by Gasteiger charge is -2.09. The number of hydrogen-bond acceptors (Lipinski definition) is 3. The summed E-state index contributed by atoms with van der Waals surface area (Å²) in [7, 11) is 0. The van der Waals surface area contributed by atoms with Crippen LogP contribution in [0.4, 0.5) is 10.1 Å². The van der Waals surface area contributed by atoms with Gasteiger partial charge in [-0.25, -0.2) is 4.39 Å². The normalized spacial score (nSPS) is 10.1. The summed E-state index contributed by atoms with van der Waals surface area (Å²) in [6.45, 7) is 0.279. The number of nitrogens with zero attached hydrogens (tertiary/aromatic N) is 1. The number of carbonyl (C=O) groups excluding carboxylic acids is 2. The quantitative estimate of drug-likeness (QED) is 0.673. The maximum atomic E-state index is 13.6. The summed E-state index contributed by atoms with van der Waals surface area (Å²) in [6, 6.07) is 21.3. The Morgan fingerprint density at radius 3 is 2.28 bits per heavy atom. The fourth-order valence-electron chi connectivity index (χ4n) is 2.75. The Hall–Kier alpha value is -3.98. The van der Waals surface area contributed by atoms with E-state index in [1.807, 2.05) is 6.07 Å². The Kier molecular flexibility index (Phi) is 6.33. The average Bonchev–Trinajstić information content (AvgIpc) is 2.75. The molecule has 0 radical (unpaired) electrons. The maximum absolute atomic E-state index is 13.6. The van der Waals surface area contributed by atoms with Gasteiger partial charge in [0, 0.05) is 23.4 Å². The first kappa shape index (κ1) is 19.8. The van der Waals surface area contributed by atoms with Crippen molar-refractivity contribution in [2.75, 3.05) is 11.9 Å². The van der Waals surface area contributed by atoms with E-state index < -0.39 is 0 Å². The number of rotatable bonds is 6. The van der Waals surface area contributed by atoms with E-state index >= 15 is 0 Å². The van der Waals surface area contributed by atoms with Gasteiger partial charge in [0.15, 0.2) is 0 Å². The molecule has 2 amide bonds. The third kappa shape index (κ3) is 5.27. The van der Waals surface area contributed by atoms with Crippen molar-refractivity contribution in [2.45, 2.75) is 6.42 Å². The molecular weight excluding hydrogens is 369 g/mol. The molecule has 144 valence electrons. The van der Waals surface area contributed by atoms with Crippen LogP contribution in [-0.4, -0.2) is 18.4 Å². The van der Waals surface area contributed by atoms with Crippen molar-refractivity contribution in [3.8, 4) is 6.07 Å². The fraction of sp³-hybridized carbons (Fsp3) is 0.0870. The molecule has 6 heteroatoms. The molecule has 3 rings (SSSR count). The lowest BCUT2D eigenvalue weighted by molar-refractivity contribution is 0.0954. The zero-order valence-corrected chi connectivity index (χ0v) is 15.5. The summed E-state index contributed by atoms with van der Waals surface area (Å²) in [4.78, 5) is 24.8. The van der Waals surface area contributed by atoms with Gasteiger partial charge in [-0.1, -0.05) is 24.3 Å². The number of nitriles is 1. The number of anilines is 1. The van der Waals surface area contributed by atoms with E-state index in [0.29, 0.717) is 34.4 Å². The molecule has 2 N–H and O–H groups in total. The number of benzene rings is 3. The third-order valence-corrected chi connectivity index (χ3v) is 4.30. The zero-order chi connectivity index (χ0) is 20.6. The molecule has 0 spiro atoms. The van der Waals surface area contributed by atoms with Crippen molar-refractivity contribution < 1.29 is 14.0 Å². The molecule has 0 aliphatic rings. The molecule has 0 saturated carbocycles. The Bertz CT molecular complexity index is 1070. The summed E-state index contributed by atoms with van der Waals surface area (Å²) >= 11 is 0. The zero-order valence-electron chi connectivity index (χ0n) is 15.5. The standard InChI is InChI=1S/C23H18FN3O2/c24-21-7-2-1-4-17(21)12-13-26-22(28)18-5-3-6-19(14-18)23(29)27-20-10-8-16(15-25)9-11-20/h1-11,14H,12-13H2,(H,26,28)(H,27,29). The van der Waals surface area contributed by atoms with Crippen LogP contribution in [0.3, 0.4) is 0 Å². The Morgan fingerprint density at radius 1 is 0.897 bits per heavy atom. The second kappa shape index (κ2) is 9.29. The molecule has 0 atom stereocenters. The lowest BCUT2D eigenvalue weighted by Crippen LogP contribution is -2.26. The second-order valence-electron chi connectivity index (χ2n) is 6.32. The second-order valence-corrected chi connectivity index (χ2v) is 6.32. The van der Waals surface area contributed by atoms with E-state index in [2.05, 4.69) is 10.6 Å². The topological polar surface area (TPSA) is 82.0 Å². The number of hydrogen-bond donors (Lipinski definition) is 2. The minimum Gasteiger partial charge on any atom is -0.352 e. The van der Waals surface area contributed by atoms with Crippen LogP contribution in [0, 0.1) is 17.1 Å². The van der Waals surface area contributed by atoms with Crippen molar-refractivity contribution in [3.63, 3.8) is 0 Å². The van der Waals surface area contributed by atoms with E-state index in [-0.39, 0.29) is 24.2 Å². The molecule has 0 fully saturated rings. The number of amides is 2. The predicted molar refractivity (Wildman–Crippen MR) is 108 cm³/mol. The van der Waals surface area contributed by atoms with Crippen LogP contribution in [0.15, 0.2) is 72.8 Å². The molecule has 5 nitrogen and oxygen atoms in total. The van der Waals surface area contributed by atoms with Crippen LogP contribution in [0.25, 0.3) is 0 Å². The number of halogens is 1. The lowest BCUT2D eigenvalue weighted by atomic mass is 10.1. The Labute approximate surface area is 167 Å². The molecule has 29 heavy (non-hydrogen) atoms. The highest BCUT2D eigenvalue weighted by Crippen LogP contribution is 2.12. The van der Waals surface area contributed by atoms with Crippen LogP contribution in [-0.2, 0) is 6.42 Å². The smallest absolute Gasteiger partial charge is 0.255 e. The van der Waals surface area contributed by atoms with E-state index in [1.165, 1.54) is 12.1 Å². The molecule has 0 bridgehead atoms. The van der Waals surface area contributed by atoms with Crippen molar-refractivity contribution in [2.24, 2.45) is 0 Å². The summed E-state index contributed by atoms with van der Waals surface area (Å²) in [6.07, 6.45) is 0.372. The highest BCUT2D eigenvalue weighted by molar-refractivity contribution is 6.06. The first-order valence-corrected chi connectivity index (χ1v) is 9.00. The Balaban J connectivity index is 1.60. The van der Waals surface area contributed by atoms with Crippen LogP contribution in [0.5, 0.6) is 0 Å². The van der Waals surface area contributed by atoms with Crippen LogP contribution in [0.2, 0.25) is 0 Å². The van der Waals surface area contributed by atoms with Gasteiger partial charge in [-0.2, -0.15) is 5.26 Å². The fourth-order valence-corrected chi connectivity index (χ4v) is 2.75. The first-order valence-electron chi connectivity index (χ1n) is 9.00. The summed E-state index contributed by atoms with van der Waals surface area (Å²) < 4.78 is 13.6. The van der Waals surface area contributed by atoms with E-state index in [1.54, 1.807) is 60.7 Å². The van der Waals surface area contributed by atoms with Crippen LogP contribution in [0.1, 0.15) is 31.8 Å².